The maximum Gasteiger partial charge on any atom is 0.235 e. The van der Waals surface area contributed by atoms with Gasteiger partial charge >= 0.3 is 0 Å². The summed E-state index contributed by atoms with van der Waals surface area (Å²) in [5.41, 5.74) is 1.94. The van der Waals surface area contributed by atoms with Crippen molar-refractivity contribution in [1.82, 2.24) is 4.98 Å². The predicted octanol–water partition coefficient (Wildman–Crippen LogP) is 1.99. The van der Waals surface area contributed by atoms with Gasteiger partial charge in [0.05, 0.1) is 5.25 Å². The number of nitrogens with one attached hydrogen (secondary N) is 2. The number of sulfonamides is 1. The number of benzene rings is 1. The Morgan fingerprint density at radius 1 is 1.30 bits per heavy atom. The summed E-state index contributed by atoms with van der Waals surface area (Å²) in [4.78, 5) is 15.2. The van der Waals surface area contributed by atoms with Gasteiger partial charge in [0.2, 0.25) is 10.0 Å². The maximum absolute atomic E-state index is 12.0. The second-order valence-electron chi connectivity index (χ2n) is 5.12. The van der Waals surface area contributed by atoms with Gasteiger partial charge in [-0.05, 0) is 37.5 Å². The molecule has 0 aliphatic heterocycles. The average Bonchev–Trinajstić information content (AvgIpc) is 3.23. The van der Waals surface area contributed by atoms with Gasteiger partial charge in [-0.15, -0.1) is 0 Å². The largest absolute Gasteiger partial charge is 0.358 e. The number of aromatic amines is 1. The number of hydrogen-bond donors (Lipinski definition) is 2. The molecule has 0 bridgehead atoms. The average molecular weight is 292 g/mol. The number of aryl methyl sites for hydroxylation is 1. The minimum absolute atomic E-state index is 0.0944. The van der Waals surface area contributed by atoms with Crippen molar-refractivity contribution in [3.05, 3.63) is 40.2 Å². The van der Waals surface area contributed by atoms with Crippen LogP contribution < -0.4 is 10.2 Å². The molecule has 1 heterocycles. The highest BCUT2D eigenvalue weighted by Gasteiger charge is 2.35. The van der Waals surface area contributed by atoms with Crippen molar-refractivity contribution in [1.29, 1.82) is 0 Å². The molecule has 2 N–H and O–H groups in total. The van der Waals surface area contributed by atoms with E-state index in [-0.39, 0.29) is 10.7 Å². The maximum atomic E-state index is 12.0. The van der Waals surface area contributed by atoms with Crippen LogP contribution in [0.15, 0.2) is 29.1 Å². The predicted molar refractivity (Wildman–Crippen MR) is 79.5 cm³/mol. The van der Waals surface area contributed by atoms with Gasteiger partial charge in [-0.3, -0.25) is 9.52 Å². The van der Waals surface area contributed by atoms with Crippen LogP contribution in [0.1, 0.15) is 25.5 Å². The molecule has 0 atom stereocenters. The first-order valence-corrected chi connectivity index (χ1v) is 8.22. The summed E-state index contributed by atoms with van der Waals surface area (Å²) < 4.78 is 26.3. The molecular formula is C14H16N2O3S. The van der Waals surface area contributed by atoms with E-state index in [2.05, 4.69) is 9.71 Å². The standard InChI is InChI=1S/C14H16N2O3S/c1-2-9-8-14(17)12-7-10(3-6-13(12)15-9)16-20(18,19)11-4-5-11/h3,6-8,11,16H,2,4-5H2,1H3,(H,15,17). The van der Waals surface area contributed by atoms with E-state index in [9.17, 15) is 13.2 Å². The normalized spacial score (nSPS) is 15.4. The quantitative estimate of drug-likeness (QED) is 0.904. The Morgan fingerprint density at radius 3 is 2.70 bits per heavy atom. The summed E-state index contributed by atoms with van der Waals surface area (Å²) in [6, 6.07) is 6.56. The number of H-pyrrole nitrogens is 1. The van der Waals surface area contributed by atoms with Gasteiger partial charge in [0.1, 0.15) is 0 Å². The van der Waals surface area contributed by atoms with E-state index in [0.29, 0.717) is 23.9 Å². The summed E-state index contributed by atoms with van der Waals surface area (Å²) in [5.74, 6) is 0. The van der Waals surface area contributed by atoms with E-state index in [1.54, 1.807) is 24.3 Å². The molecule has 1 aromatic heterocycles. The molecule has 6 heteroatoms. The number of fused-ring (bicyclic) bond motifs is 1. The lowest BCUT2D eigenvalue weighted by Gasteiger charge is -2.08. The van der Waals surface area contributed by atoms with Crippen LogP contribution in [0.5, 0.6) is 0 Å². The van der Waals surface area contributed by atoms with Gasteiger partial charge in [0.25, 0.3) is 0 Å². The molecule has 0 amide bonds. The molecule has 1 fully saturated rings. The van der Waals surface area contributed by atoms with E-state index < -0.39 is 10.0 Å². The molecule has 0 spiro atoms. The van der Waals surface area contributed by atoms with Gasteiger partial charge in [-0.2, -0.15) is 0 Å². The van der Waals surface area contributed by atoms with E-state index in [1.165, 1.54) is 0 Å². The molecule has 1 aliphatic rings. The summed E-state index contributed by atoms with van der Waals surface area (Å²) >= 11 is 0. The van der Waals surface area contributed by atoms with Crippen molar-refractivity contribution >= 4 is 26.6 Å². The molecule has 2 aromatic rings. The zero-order chi connectivity index (χ0) is 14.3. The third-order valence-corrected chi connectivity index (χ3v) is 5.36. The van der Waals surface area contributed by atoms with Gasteiger partial charge in [0, 0.05) is 28.4 Å². The fourth-order valence-electron chi connectivity index (χ4n) is 2.18. The van der Waals surface area contributed by atoms with Crippen LogP contribution in [0.25, 0.3) is 10.9 Å². The van der Waals surface area contributed by atoms with Gasteiger partial charge in [-0.1, -0.05) is 6.92 Å². The molecular weight excluding hydrogens is 276 g/mol. The first kappa shape index (κ1) is 13.2. The Morgan fingerprint density at radius 2 is 2.05 bits per heavy atom. The van der Waals surface area contributed by atoms with Crippen LogP contribution in [0.4, 0.5) is 5.69 Å². The Kier molecular flexibility index (Phi) is 3.05. The zero-order valence-electron chi connectivity index (χ0n) is 11.1. The molecule has 5 nitrogen and oxygen atoms in total. The second-order valence-corrected chi connectivity index (χ2v) is 7.08. The summed E-state index contributed by atoms with van der Waals surface area (Å²) in [7, 11) is -3.30. The molecule has 0 unspecified atom stereocenters. The highest BCUT2D eigenvalue weighted by atomic mass is 32.2. The monoisotopic (exact) mass is 292 g/mol. The first-order chi connectivity index (χ1) is 9.49. The number of pyridine rings is 1. The third-order valence-electron chi connectivity index (χ3n) is 3.49. The van der Waals surface area contributed by atoms with Crippen molar-refractivity contribution in [3.8, 4) is 0 Å². The van der Waals surface area contributed by atoms with Crippen molar-refractivity contribution < 1.29 is 8.42 Å². The minimum Gasteiger partial charge on any atom is -0.358 e. The number of aromatic nitrogens is 1. The molecule has 1 aromatic carbocycles. The van der Waals surface area contributed by atoms with Crippen molar-refractivity contribution in [2.45, 2.75) is 31.4 Å². The molecule has 0 radical (unpaired) electrons. The Hall–Kier alpha value is -1.82. The molecule has 0 saturated heterocycles. The van der Waals surface area contributed by atoms with Crippen molar-refractivity contribution in [2.75, 3.05) is 4.72 Å². The van der Waals surface area contributed by atoms with Gasteiger partial charge in [-0.25, -0.2) is 8.42 Å². The lowest BCUT2D eigenvalue weighted by Crippen LogP contribution is -2.17. The smallest absolute Gasteiger partial charge is 0.235 e. The van der Waals surface area contributed by atoms with Crippen LogP contribution in [-0.2, 0) is 16.4 Å². The Labute approximate surface area is 117 Å². The van der Waals surface area contributed by atoms with E-state index in [1.807, 2.05) is 6.92 Å². The number of hydrogen-bond acceptors (Lipinski definition) is 3. The molecule has 1 saturated carbocycles. The van der Waals surface area contributed by atoms with Crippen LogP contribution in [-0.4, -0.2) is 18.7 Å². The van der Waals surface area contributed by atoms with Gasteiger partial charge in [0.15, 0.2) is 5.43 Å². The fraction of sp³-hybridized carbons (Fsp3) is 0.357. The fourth-order valence-corrected chi connectivity index (χ4v) is 3.56. The Balaban J connectivity index is 2.02. The highest BCUT2D eigenvalue weighted by Crippen LogP contribution is 2.30. The van der Waals surface area contributed by atoms with Crippen molar-refractivity contribution in [3.63, 3.8) is 0 Å². The third kappa shape index (κ3) is 2.43. The first-order valence-electron chi connectivity index (χ1n) is 6.67. The van der Waals surface area contributed by atoms with Crippen LogP contribution in [0.3, 0.4) is 0 Å². The Bertz CT molecular complexity index is 820. The topological polar surface area (TPSA) is 79.0 Å². The summed E-state index contributed by atoms with van der Waals surface area (Å²) in [6.45, 7) is 1.97. The van der Waals surface area contributed by atoms with Gasteiger partial charge < -0.3 is 4.98 Å². The number of anilines is 1. The van der Waals surface area contributed by atoms with E-state index >= 15 is 0 Å². The molecule has 106 valence electrons. The zero-order valence-corrected chi connectivity index (χ0v) is 12.0. The van der Waals surface area contributed by atoms with E-state index in [0.717, 1.165) is 17.6 Å². The highest BCUT2D eigenvalue weighted by molar-refractivity contribution is 7.93. The van der Waals surface area contributed by atoms with Crippen molar-refractivity contribution in [2.24, 2.45) is 0 Å². The lowest BCUT2D eigenvalue weighted by atomic mass is 10.1. The second kappa shape index (κ2) is 4.63. The summed E-state index contributed by atoms with van der Waals surface area (Å²) in [5, 5.41) is 0.220. The van der Waals surface area contributed by atoms with Crippen LogP contribution in [0.2, 0.25) is 0 Å². The minimum atomic E-state index is -3.30. The van der Waals surface area contributed by atoms with Crippen LogP contribution >= 0.6 is 0 Å². The summed E-state index contributed by atoms with van der Waals surface area (Å²) in [6.07, 6.45) is 2.17. The molecule has 1 aliphatic carbocycles. The SMILES string of the molecule is CCc1cc(=O)c2cc(NS(=O)(=O)C3CC3)ccc2[nH]1. The van der Waals surface area contributed by atoms with Crippen LogP contribution in [0, 0.1) is 0 Å². The number of rotatable bonds is 4. The van der Waals surface area contributed by atoms with E-state index in [4.69, 9.17) is 0 Å². The molecule has 3 rings (SSSR count). The lowest BCUT2D eigenvalue weighted by molar-refractivity contribution is 0.600. The molecule has 20 heavy (non-hydrogen) atoms.